The molecule has 2 heterocycles. The van der Waals surface area contributed by atoms with Crippen molar-refractivity contribution in [3.63, 3.8) is 0 Å². The molecule has 4 saturated carbocycles. The minimum Gasteiger partial charge on any atom is -0.301 e. The zero-order chi connectivity index (χ0) is 27.1. The smallest absolute Gasteiger partial charge is 0.263 e. The summed E-state index contributed by atoms with van der Waals surface area (Å²) in [5.74, 6) is 2.09. The molecule has 1 N–H and O–H groups in total. The monoisotopic (exact) mass is 551 g/mol. The fraction of sp³-hybridized carbons (Fsp3) is 0.677. The summed E-state index contributed by atoms with van der Waals surface area (Å²) < 4.78 is 0. The first-order valence-electron chi connectivity index (χ1n) is 15.0. The van der Waals surface area contributed by atoms with Crippen molar-refractivity contribution in [3.8, 4) is 0 Å². The van der Waals surface area contributed by atoms with Gasteiger partial charge in [0.05, 0.1) is 11.1 Å². The van der Waals surface area contributed by atoms with Crippen LogP contribution in [-0.4, -0.2) is 64.4 Å². The van der Waals surface area contributed by atoms with Gasteiger partial charge in [0.1, 0.15) is 6.04 Å². The number of rotatable bonds is 11. The van der Waals surface area contributed by atoms with Gasteiger partial charge in [-0.25, -0.2) is 0 Å². The third-order valence-electron chi connectivity index (χ3n) is 10.1. The van der Waals surface area contributed by atoms with Crippen LogP contribution < -0.4 is 5.32 Å². The van der Waals surface area contributed by atoms with E-state index in [1.165, 1.54) is 70.8 Å². The fourth-order valence-corrected chi connectivity index (χ4v) is 9.62. The Morgan fingerprint density at radius 1 is 0.923 bits per heavy atom. The minimum atomic E-state index is -0.921. The van der Waals surface area contributed by atoms with Crippen molar-refractivity contribution in [3.05, 3.63) is 29.3 Å². The second-order valence-corrected chi connectivity index (χ2v) is 13.9. The highest BCUT2D eigenvalue weighted by Gasteiger charge is 2.52. The van der Waals surface area contributed by atoms with Crippen molar-refractivity contribution in [2.24, 2.45) is 17.8 Å². The molecule has 1 aromatic carbocycles. The van der Waals surface area contributed by atoms with Gasteiger partial charge >= 0.3 is 0 Å². The Morgan fingerprint density at radius 2 is 1.59 bits per heavy atom. The summed E-state index contributed by atoms with van der Waals surface area (Å²) >= 11 is 1.62. The molecule has 4 amide bonds. The van der Waals surface area contributed by atoms with Gasteiger partial charge in [-0.05, 0) is 107 Å². The normalized spacial score (nSPS) is 31.4. The first-order valence-corrected chi connectivity index (χ1v) is 16.0. The number of nitrogens with zero attached hydrogens (tertiary/aromatic N) is 2. The predicted molar refractivity (Wildman–Crippen MR) is 150 cm³/mol. The molecule has 1 atom stereocenters. The number of thioether (sulfide) groups is 1. The molecule has 6 aliphatic rings. The number of hydrogen-bond donors (Lipinski definition) is 1. The van der Waals surface area contributed by atoms with Crippen molar-refractivity contribution in [1.29, 1.82) is 0 Å². The summed E-state index contributed by atoms with van der Waals surface area (Å²) in [7, 11) is 2.38. The van der Waals surface area contributed by atoms with Gasteiger partial charge in [-0.1, -0.05) is 25.3 Å². The van der Waals surface area contributed by atoms with E-state index in [0.29, 0.717) is 16.7 Å². The summed E-state index contributed by atoms with van der Waals surface area (Å²) in [5.41, 5.74) is 1.27. The number of amides is 4. The van der Waals surface area contributed by atoms with Gasteiger partial charge in [-0.2, -0.15) is 0 Å². The number of imide groups is 2. The molecule has 1 unspecified atom stereocenters. The Balaban J connectivity index is 0.935. The van der Waals surface area contributed by atoms with Gasteiger partial charge in [0.15, 0.2) is 0 Å². The van der Waals surface area contributed by atoms with Crippen LogP contribution in [0, 0.1) is 17.8 Å². The van der Waals surface area contributed by atoms with Crippen LogP contribution in [0.3, 0.4) is 0 Å². The van der Waals surface area contributed by atoms with Crippen LogP contribution >= 0.6 is 11.8 Å². The minimum absolute atomic E-state index is 0.129. The molecule has 0 aromatic heterocycles. The van der Waals surface area contributed by atoms with Crippen molar-refractivity contribution < 1.29 is 19.2 Å². The predicted octanol–water partition coefficient (Wildman–Crippen LogP) is 5.03. The Kier molecular flexibility index (Phi) is 7.62. The molecule has 7 nitrogen and oxygen atoms in total. The topological polar surface area (TPSA) is 86.8 Å². The second kappa shape index (κ2) is 11.0. The largest absolute Gasteiger partial charge is 0.301 e. The molecule has 2 aliphatic heterocycles. The maximum Gasteiger partial charge on any atom is 0.263 e. The van der Waals surface area contributed by atoms with Crippen LogP contribution in [0.2, 0.25) is 0 Å². The third kappa shape index (κ3) is 5.19. The van der Waals surface area contributed by atoms with E-state index in [9.17, 15) is 19.2 Å². The van der Waals surface area contributed by atoms with Crippen LogP contribution in [0.25, 0.3) is 0 Å². The molecular formula is C31H41N3O4S. The van der Waals surface area contributed by atoms with Crippen LogP contribution in [0.15, 0.2) is 23.1 Å². The summed E-state index contributed by atoms with van der Waals surface area (Å²) in [5, 5.41) is 2.25. The second-order valence-electron chi connectivity index (χ2n) is 12.8. The van der Waals surface area contributed by atoms with Crippen molar-refractivity contribution >= 4 is 35.4 Å². The number of unbranched alkanes of at least 4 members (excludes halogenated alkanes) is 4. The van der Waals surface area contributed by atoms with Gasteiger partial charge in [0.25, 0.3) is 11.8 Å². The molecule has 39 heavy (non-hydrogen) atoms. The van der Waals surface area contributed by atoms with Gasteiger partial charge in [-0.15, -0.1) is 11.8 Å². The van der Waals surface area contributed by atoms with E-state index in [0.717, 1.165) is 39.7 Å². The van der Waals surface area contributed by atoms with E-state index in [1.807, 2.05) is 6.07 Å². The number of nitrogens with one attached hydrogen (secondary N) is 1. The maximum atomic E-state index is 13.2. The number of piperidine rings is 1. The summed E-state index contributed by atoms with van der Waals surface area (Å²) in [4.78, 5) is 54.7. The lowest BCUT2D eigenvalue weighted by atomic mass is 9.52. The SMILES string of the molecule is CN(CCCCCCCSc1cccc2c1C(=O)N(C1CCC(=O)NC1=O)C2=O)C12CC3CC(CC(C3)C1)C2. The van der Waals surface area contributed by atoms with Crippen LogP contribution in [-0.2, 0) is 9.59 Å². The molecule has 8 heteroatoms. The number of carbonyl (C=O) groups excluding carboxylic acids is 4. The quantitative estimate of drug-likeness (QED) is 0.236. The molecule has 5 fully saturated rings. The van der Waals surface area contributed by atoms with Gasteiger partial charge in [0.2, 0.25) is 11.8 Å². The zero-order valence-corrected chi connectivity index (χ0v) is 23.9. The Bertz CT molecular complexity index is 1130. The lowest BCUT2D eigenvalue weighted by molar-refractivity contribution is -0.136. The molecular weight excluding hydrogens is 510 g/mol. The molecule has 4 aliphatic carbocycles. The van der Waals surface area contributed by atoms with Crippen LogP contribution in [0.4, 0.5) is 0 Å². The van der Waals surface area contributed by atoms with Crippen LogP contribution in [0.1, 0.15) is 104 Å². The average molecular weight is 552 g/mol. The highest BCUT2D eigenvalue weighted by atomic mass is 32.2. The van der Waals surface area contributed by atoms with Crippen LogP contribution in [0.5, 0.6) is 0 Å². The summed E-state index contributed by atoms with van der Waals surface area (Å²) in [6.45, 7) is 1.22. The Morgan fingerprint density at radius 3 is 2.28 bits per heavy atom. The van der Waals surface area contributed by atoms with E-state index in [1.54, 1.807) is 23.9 Å². The van der Waals surface area contributed by atoms with Gasteiger partial charge in [0, 0.05) is 16.9 Å². The molecule has 7 rings (SSSR count). The molecule has 0 spiro atoms. The summed E-state index contributed by atoms with van der Waals surface area (Å²) in [6, 6.07) is 4.44. The van der Waals surface area contributed by atoms with Crippen molar-refractivity contribution in [2.75, 3.05) is 19.3 Å². The maximum absolute atomic E-state index is 13.2. The standard InChI is InChI=1S/C31H41N3O4S/c1-33(31-17-20-14-21(18-31)16-22(15-20)19-31)12-5-3-2-4-6-13-39-25-9-7-8-23-27(25)30(38)34(29(23)37)24-10-11-26(35)32-28(24)36/h7-9,20-22,24H,2-6,10-19H2,1H3,(H,32,35,36). The number of carbonyl (C=O) groups is 4. The molecule has 0 radical (unpaired) electrons. The van der Waals surface area contributed by atoms with E-state index in [-0.39, 0.29) is 18.7 Å². The van der Waals surface area contributed by atoms with Crippen molar-refractivity contribution in [1.82, 2.24) is 15.1 Å². The third-order valence-corrected chi connectivity index (χ3v) is 11.3. The fourth-order valence-electron chi connectivity index (χ4n) is 8.54. The number of fused-ring (bicyclic) bond motifs is 1. The van der Waals surface area contributed by atoms with E-state index >= 15 is 0 Å². The van der Waals surface area contributed by atoms with E-state index < -0.39 is 23.8 Å². The highest BCUT2D eigenvalue weighted by Crippen LogP contribution is 2.57. The first-order chi connectivity index (χ1) is 18.8. The summed E-state index contributed by atoms with van der Waals surface area (Å²) in [6.07, 6.45) is 15.1. The lowest BCUT2D eigenvalue weighted by Crippen LogP contribution is -2.58. The van der Waals surface area contributed by atoms with Crippen molar-refractivity contribution in [2.45, 2.75) is 99.9 Å². The molecule has 1 aromatic rings. The number of benzene rings is 1. The average Bonchev–Trinajstić information content (AvgIpc) is 3.15. The highest BCUT2D eigenvalue weighted by molar-refractivity contribution is 7.99. The van der Waals surface area contributed by atoms with E-state index in [2.05, 4.69) is 17.3 Å². The van der Waals surface area contributed by atoms with Gasteiger partial charge in [-0.3, -0.25) is 29.4 Å². The number of hydrogen-bond acceptors (Lipinski definition) is 6. The lowest BCUT2D eigenvalue weighted by Gasteiger charge is -2.60. The molecule has 210 valence electrons. The Labute approximate surface area is 235 Å². The molecule has 1 saturated heterocycles. The molecule has 4 bridgehead atoms. The van der Waals surface area contributed by atoms with Gasteiger partial charge < -0.3 is 4.90 Å². The first kappa shape index (κ1) is 27.0. The van der Waals surface area contributed by atoms with E-state index in [4.69, 9.17) is 0 Å². The zero-order valence-electron chi connectivity index (χ0n) is 23.1. The Hall–Kier alpha value is -2.19.